The number of carbonyl (C=O) groups is 5. The van der Waals surface area contributed by atoms with Crippen LogP contribution in [0.25, 0.3) is 22.2 Å². The van der Waals surface area contributed by atoms with Gasteiger partial charge in [-0.05, 0) is 48.2 Å². The van der Waals surface area contributed by atoms with E-state index in [2.05, 4.69) is 32.0 Å². The first kappa shape index (κ1) is 37.7. The Balaban J connectivity index is 0.779. The smallest absolute Gasteiger partial charge is 0.262 e. The number of H-pyrrole nitrogens is 1. The molecule has 2 N–H and O–H groups in total. The SMILES string of the molecule is CCc1c[nH]c2ncc(-c3cccc(N4CCN(CCOCCN5CCN(c6cc7c(cc6F)C(=O)N(C6CCC(=O)NC6=O)C7=O)CC5)CC4=O)c3)c(Cl)c12. The van der Waals surface area contributed by atoms with Crippen LogP contribution in [0, 0.1) is 5.82 Å². The summed E-state index contributed by atoms with van der Waals surface area (Å²) in [4.78, 5) is 80.1. The highest BCUT2D eigenvalue weighted by Gasteiger charge is 2.45. The molecule has 292 valence electrons. The molecular formula is C40H42ClFN8O6. The zero-order valence-electron chi connectivity index (χ0n) is 31.0. The lowest BCUT2D eigenvalue weighted by atomic mass is 10.0. The Labute approximate surface area is 327 Å². The van der Waals surface area contributed by atoms with Gasteiger partial charge in [0.15, 0.2) is 0 Å². The lowest BCUT2D eigenvalue weighted by Crippen LogP contribution is -2.54. The van der Waals surface area contributed by atoms with E-state index < -0.39 is 35.5 Å². The highest BCUT2D eigenvalue weighted by Crippen LogP contribution is 2.37. The molecule has 4 aliphatic rings. The molecule has 6 heterocycles. The van der Waals surface area contributed by atoms with E-state index in [0.717, 1.165) is 50.8 Å². The summed E-state index contributed by atoms with van der Waals surface area (Å²) >= 11 is 6.88. The average molecular weight is 785 g/mol. The molecule has 0 radical (unpaired) electrons. The van der Waals surface area contributed by atoms with Gasteiger partial charge < -0.3 is 19.5 Å². The highest BCUT2D eigenvalue weighted by molar-refractivity contribution is 6.38. The number of ether oxygens (including phenoxy) is 1. The van der Waals surface area contributed by atoms with E-state index in [4.69, 9.17) is 16.3 Å². The summed E-state index contributed by atoms with van der Waals surface area (Å²) in [7, 11) is 0. The van der Waals surface area contributed by atoms with Crippen LogP contribution in [-0.4, -0.2) is 132 Å². The molecule has 0 bridgehead atoms. The van der Waals surface area contributed by atoms with E-state index in [1.54, 1.807) is 6.20 Å². The summed E-state index contributed by atoms with van der Waals surface area (Å²) in [5.74, 6) is -3.15. The minimum atomic E-state index is -1.11. The molecule has 56 heavy (non-hydrogen) atoms. The number of rotatable bonds is 11. The molecule has 0 saturated carbocycles. The second-order valence-electron chi connectivity index (χ2n) is 14.5. The second-order valence-corrected chi connectivity index (χ2v) is 14.9. The van der Waals surface area contributed by atoms with E-state index in [1.165, 1.54) is 6.07 Å². The lowest BCUT2D eigenvalue weighted by molar-refractivity contribution is -0.136. The zero-order valence-corrected chi connectivity index (χ0v) is 31.7. The second kappa shape index (κ2) is 15.7. The van der Waals surface area contributed by atoms with Crippen molar-refractivity contribution in [1.82, 2.24) is 30.0 Å². The number of amides is 5. The number of nitrogens with zero attached hydrogens (tertiary/aromatic N) is 6. The third-order valence-corrected chi connectivity index (χ3v) is 11.6. The first-order valence-corrected chi connectivity index (χ1v) is 19.4. The Morgan fingerprint density at radius 2 is 1.64 bits per heavy atom. The normalized spacial score (nSPS) is 19.7. The Kier molecular flexibility index (Phi) is 10.6. The minimum Gasteiger partial charge on any atom is -0.379 e. The summed E-state index contributed by atoms with van der Waals surface area (Å²) in [6.45, 7) is 8.27. The number of carbonyl (C=O) groups excluding carboxylic acids is 5. The van der Waals surface area contributed by atoms with E-state index in [-0.39, 0.29) is 35.6 Å². The Morgan fingerprint density at radius 1 is 0.911 bits per heavy atom. The number of anilines is 2. The minimum absolute atomic E-state index is 0.0108. The van der Waals surface area contributed by atoms with Gasteiger partial charge in [-0.15, -0.1) is 0 Å². The van der Waals surface area contributed by atoms with Crippen LogP contribution in [0.1, 0.15) is 46.0 Å². The first-order valence-electron chi connectivity index (χ1n) is 19.0. The van der Waals surface area contributed by atoms with Gasteiger partial charge in [0, 0.05) is 87.8 Å². The number of hydrogen-bond acceptors (Lipinski definition) is 10. The molecule has 1 atom stereocenters. The summed E-state index contributed by atoms with van der Waals surface area (Å²) in [5, 5.41) is 3.75. The Morgan fingerprint density at radius 3 is 2.38 bits per heavy atom. The van der Waals surface area contributed by atoms with Crippen LogP contribution in [0.5, 0.6) is 0 Å². The quantitative estimate of drug-likeness (QED) is 0.171. The predicted molar refractivity (Wildman–Crippen MR) is 207 cm³/mol. The van der Waals surface area contributed by atoms with Crippen LogP contribution in [0.4, 0.5) is 15.8 Å². The molecule has 4 aliphatic heterocycles. The van der Waals surface area contributed by atoms with Gasteiger partial charge in [0.1, 0.15) is 17.5 Å². The number of aromatic nitrogens is 2. The van der Waals surface area contributed by atoms with Gasteiger partial charge in [-0.2, -0.15) is 0 Å². The summed E-state index contributed by atoms with van der Waals surface area (Å²) < 4.78 is 21.3. The van der Waals surface area contributed by atoms with Crippen molar-refractivity contribution in [3.63, 3.8) is 0 Å². The van der Waals surface area contributed by atoms with E-state index in [0.29, 0.717) is 77.1 Å². The number of benzene rings is 2. The third kappa shape index (κ3) is 7.15. The number of imide groups is 2. The number of nitrogens with one attached hydrogen (secondary N) is 2. The topological polar surface area (TPSA) is 151 Å². The van der Waals surface area contributed by atoms with Crippen LogP contribution in [-0.2, 0) is 25.5 Å². The molecule has 3 fully saturated rings. The monoisotopic (exact) mass is 784 g/mol. The number of fused-ring (bicyclic) bond motifs is 2. The average Bonchev–Trinajstić information content (AvgIpc) is 3.73. The van der Waals surface area contributed by atoms with Crippen molar-refractivity contribution in [1.29, 1.82) is 0 Å². The first-order chi connectivity index (χ1) is 27.1. The van der Waals surface area contributed by atoms with Crippen LogP contribution >= 0.6 is 11.6 Å². The molecule has 2 aromatic heterocycles. The number of pyridine rings is 1. The Bertz CT molecular complexity index is 2240. The molecule has 2 aromatic carbocycles. The number of piperidine rings is 1. The number of aryl methyl sites for hydroxylation is 1. The molecule has 3 saturated heterocycles. The Hall–Kier alpha value is -5.22. The summed E-state index contributed by atoms with van der Waals surface area (Å²) in [6, 6.07) is 9.22. The van der Waals surface area contributed by atoms with Gasteiger partial charge in [-0.3, -0.25) is 44.0 Å². The molecule has 4 aromatic rings. The fraction of sp³-hybridized carbons (Fsp3) is 0.400. The van der Waals surface area contributed by atoms with Crippen molar-refractivity contribution in [2.75, 3.05) is 81.9 Å². The van der Waals surface area contributed by atoms with Crippen LogP contribution in [0.15, 0.2) is 48.8 Å². The highest BCUT2D eigenvalue weighted by atomic mass is 35.5. The van der Waals surface area contributed by atoms with Gasteiger partial charge in [0.25, 0.3) is 11.8 Å². The fourth-order valence-corrected chi connectivity index (χ4v) is 8.42. The van der Waals surface area contributed by atoms with E-state index >= 15 is 4.39 Å². The lowest BCUT2D eigenvalue weighted by Gasteiger charge is -2.36. The van der Waals surface area contributed by atoms with Gasteiger partial charge in [0.05, 0.1) is 41.6 Å². The van der Waals surface area contributed by atoms with Gasteiger partial charge in [-0.1, -0.05) is 30.7 Å². The molecule has 0 spiro atoms. The number of hydrogen-bond donors (Lipinski definition) is 2. The number of piperazine rings is 2. The molecule has 8 rings (SSSR count). The van der Waals surface area contributed by atoms with Crippen molar-refractivity contribution in [3.8, 4) is 11.1 Å². The molecule has 14 nitrogen and oxygen atoms in total. The van der Waals surface area contributed by atoms with Crippen molar-refractivity contribution in [2.45, 2.75) is 32.2 Å². The van der Waals surface area contributed by atoms with Crippen molar-refractivity contribution in [3.05, 3.63) is 76.3 Å². The molecule has 5 amide bonds. The number of aromatic amines is 1. The maximum Gasteiger partial charge on any atom is 0.262 e. The van der Waals surface area contributed by atoms with Gasteiger partial charge in [-0.25, -0.2) is 9.37 Å². The third-order valence-electron chi connectivity index (χ3n) is 11.2. The predicted octanol–water partition coefficient (Wildman–Crippen LogP) is 3.47. The zero-order chi connectivity index (χ0) is 39.1. The number of halogens is 2. The van der Waals surface area contributed by atoms with Crippen LogP contribution in [0.3, 0.4) is 0 Å². The fourth-order valence-electron chi connectivity index (χ4n) is 8.05. The maximum atomic E-state index is 15.3. The molecular weight excluding hydrogens is 743 g/mol. The largest absolute Gasteiger partial charge is 0.379 e. The van der Waals surface area contributed by atoms with Crippen molar-refractivity contribution < 1.29 is 33.1 Å². The van der Waals surface area contributed by atoms with Crippen LogP contribution in [0.2, 0.25) is 5.02 Å². The van der Waals surface area contributed by atoms with Gasteiger partial charge in [0.2, 0.25) is 17.7 Å². The van der Waals surface area contributed by atoms with E-state index in [9.17, 15) is 24.0 Å². The van der Waals surface area contributed by atoms with Crippen molar-refractivity contribution in [2.24, 2.45) is 0 Å². The maximum absolute atomic E-state index is 15.3. The molecule has 16 heteroatoms. The summed E-state index contributed by atoms with van der Waals surface area (Å²) in [5.41, 5.74) is 4.63. The van der Waals surface area contributed by atoms with Gasteiger partial charge >= 0.3 is 0 Å². The molecule has 1 unspecified atom stereocenters. The van der Waals surface area contributed by atoms with Crippen molar-refractivity contribution >= 4 is 63.5 Å². The summed E-state index contributed by atoms with van der Waals surface area (Å²) in [6.07, 6.45) is 4.59. The van der Waals surface area contributed by atoms with Crippen LogP contribution < -0.4 is 15.1 Å². The van der Waals surface area contributed by atoms with E-state index in [1.807, 2.05) is 40.3 Å². The standard InChI is InChI=1S/C40H42ClFN8O6/c1-2-24-21-43-37-35(24)36(41)29(22-44-37)25-4-3-5-26(18-25)49-13-10-47(23-34(49)52)15-17-56-16-14-46-8-11-48(12-9-46)32-20-28-27(19-30(32)42)39(54)50(40(28)55)31-6-7-33(51)45-38(31)53/h3-5,18-22,31H,2,6-17,23H2,1H3,(H,43,44)(H,45,51,53). The molecule has 0 aliphatic carbocycles.